The summed E-state index contributed by atoms with van der Waals surface area (Å²) in [5.74, 6) is -0.307. The molecule has 94 valence electrons. The van der Waals surface area contributed by atoms with Crippen molar-refractivity contribution in [2.45, 2.75) is 32.6 Å². The maximum Gasteiger partial charge on any atom is 0.231 e. The van der Waals surface area contributed by atoms with Crippen molar-refractivity contribution >= 4 is 5.91 Å². The number of rotatable bonds is 6. The number of primary amides is 1. The SMILES string of the molecule is Cc1ccc(C(C)(C)CCNCC(N)=O)cc1. The fourth-order valence-electron chi connectivity index (χ4n) is 1.76. The second-order valence-electron chi connectivity index (χ2n) is 5.14. The molecule has 1 aromatic rings. The lowest BCUT2D eigenvalue weighted by molar-refractivity contribution is -0.117. The zero-order valence-electron chi connectivity index (χ0n) is 10.9. The number of aryl methyl sites for hydroxylation is 1. The lowest BCUT2D eigenvalue weighted by Gasteiger charge is -2.25. The van der Waals surface area contributed by atoms with E-state index in [9.17, 15) is 4.79 Å². The number of hydrogen-bond donors (Lipinski definition) is 2. The molecule has 3 nitrogen and oxygen atoms in total. The number of hydrogen-bond acceptors (Lipinski definition) is 2. The van der Waals surface area contributed by atoms with Crippen molar-refractivity contribution in [3.05, 3.63) is 35.4 Å². The van der Waals surface area contributed by atoms with Crippen LogP contribution in [0.2, 0.25) is 0 Å². The van der Waals surface area contributed by atoms with Crippen molar-refractivity contribution in [2.75, 3.05) is 13.1 Å². The number of carbonyl (C=O) groups excluding carboxylic acids is 1. The highest BCUT2D eigenvalue weighted by atomic mass is 16.1. The Morgan fingerprint density at radius 1 is 1.29 bits per heavy atom. The first-order valence-corrected chi connectivity index (χ1v) is 5.98. The first kappa shape index (κ1) is 13.7. The largest absolute Gasteiger partial charge is 0.369 e. The molecule has 0 bridgehead atoms. The Balaban J connectivity index is 2.50. The van der Waals surface area contributed by atoms with E-state index in [1.807, 2.05) is 0 Å². The molecule has 0 fully saturated rings. The first-order valence-electron chi connectivity index (χ1n) is 5.98. The molecular weight excluding hydrogens is 212 g/mol. The Morgan fingerprint density at radius 3 is 2.41 bits per heavy atom. The number of nitrogens with two attached hydrogens (primary N) is 1. The summed E-state index contributed by atoms with van der Waals surface area (Å²) < 4.78 is 0. The van der Waals surface area contributed by atoms with Gasteiger partial charge in [0.05, 0.1) is 6.54 Å². The highest BCUT2D eigenvalue weighted by Crippen LogP contribution is 2.26. The summed E-state index contributed by atoms with van der Waals surface area (Å²) in [7, 11) is 0. The smallest absolute Gasteiger partial charge is 0.231 e. The van der Waals surface area contributed by atoms with Crippen molar-refractivity contribution in [3.63, 3.8) is 0 Å². The Bertz CT molecular complexity index is 368. The molecular formula is C14H22N2O. The standard InChI is InChI=1S/C14H22N2O/c1-11-4-6-12(7-5-11)14(2,3)8-9-16-10-13(15)17/h4-7,16H,8-10H2,1-3H3,(H2,15,17). The van der Waals surface area contributed by atoms with Gasteiger partial charge in [0.25, 0.3) is 0 Å². The summed E-state index contributed by atoms with van der Waals surface area (Å²) in [5.41, 5.74) is 7.78. The van der Waals surface area contributed by atoms with Crippen LogP contribution in [0.15, 0.2) is 24.3 Å². The van der Waals surface area contributed by atoms with E-state index in [2.05, 4.69) is 50.4 Å². The maximum absolute atomic E-state index is 10.6. The van der Waals surface area contributed by atoms with Crippen LogP contribution >= 0.6 is 0 Å². The Kier molecular flexibility index (Phi) is 4.70. The molecule has 0 aromatic heterocycles. The topological polar surface area (TPSA) is 55.1 Å². The summed E-state index contributed by atoms with van der Waals surface area (Å²) in [6.07, 6.45) is 0.976. The molecule has 1 amide bonds. The molecule has 0 aliphatic carbocycles. The maximum atomic E-state index is 10.6. The molecule has 0 spiro atoms. The molecule has 17 heavy (non-hydrogen) atoms. The second-order valence-corrected chi connectivity index (χ2v) is 5.14. The van der Waals surface area contributed by atoms with E-state index in [1.165, 1.54) is 11.1 Å². The number of carbonyl (C=O) groups is 1. The minimum Gasteiger partial charge on any atom is -0.369 e. The summed E-state index contributed by atoms with van der Waals surface area (Å²) in [4.78, 5) is 10.6. The highest BCUT2D eigenvalue weighted by Gasteiger charge is 2.19. The fraction of sp³-hybridized carbons (Fsp3) is 0.500. The van der Waals surface area contributed by atoms with Crippen molar-refractivity contribution in [1.29, 1.82) is 0 Å². The number of benzene rings is 1. The monoisotopic (exact) mass is 234 g/mol. The van der Waals surface area contributed by atoms with Gasteiger partial charge in [0.15, 0.2) is 0 Å². The lowest BCUT2D eigenvalue weighted by Crippen LogP contribution is -2.32. The third-order valence-corrected chi connectivity index (χ3v) is 3.06. The fourth-order valence-corrected chi connectivity index (χ4v) is 1.76. The van der Waals surface area contributed by atoms with E-state index in [0.29, 0.717) is 0 Å². The minimum atomic E-state index is -0.307. The van der Waals surface area contributed by atoms with Crippen molar-refractivity contribution in [1.82, 2.24) is 5.32 Å². The average molecular weight is 234 g/mol. The average Bonchev–Trinajstić information content (AvgIpc) is 2.25. The first-order chi connectivity index (χ1) is 7.92. The molecule has 1 rings (SSSR count). The van der Waals surface area contributed by atoms with Crippen LogP contribution in [0.25, 0.3) is 0 Å². The van der Waals surface area contributed by atoms with Gasteiger partial charge in [-0.25, -0.2) is 0 Å². The molecule has 0 heterocycles. The molecule has 0 aliphatic rings. The molecule has 1 aromatic carbocycles. The Morgan fingerprint density at radius 2 is 1.88 bits per heavy atom. The predicted molar refractivity (Wildman–Crippen MR) is 70.9 cm³/mol. The van der Waals surface area contributed by atoms with Gasteiger partial charge in [-0.05, 0) is 30.9 Å². The number of nitrogens with one attached hydrogen (secondary N) is 1. The van der Waals surface area contributed by atoms with Gasteiger partial charge in [0.2, 0.25) is 5.91 Å². The van der Waals surface area contributed by atoms with E-state index in [4.69, 9.17) is 5.73 Å². The molecule has 0 unspecified atom stereocenters. The third kappa shape index (κ3) is 4.57. The van der Waals surface area contributed by atoms with Crippen molar-refractivity contribution in [2.24, 2.45) is 5.73 Å². The van der Waals surface area contributed by atoms with Crippen LogP contribution in [-0.2, 0) is 10.2 Å². The van der Waals surface area contributed by atoms with Crippen LogP contribution in [0.3, 0.4) is 0 Å². The van der Waals surface area contributed by atoms with Crippen molar-refractivity contribution < 1.29 is 4.79 Å². The van der Waals surface area contributed by atoms with Crippen LogP contribution in [0.5, 0.6) is 0 Å². The normalized spacial score (nSPS) is 11.5. The summed E-state index contributed by atoms with van der Waals surface area (Å²) in [5, 5.41) is 3.05. The van der Waals surface area contributed by atoms with Gasteiger partial charge in [-0.1, -0.05) is 43.7 Å². The third-order valence-electron chi connectivity index (χ3n) is 3.06. The van der Waals surface area contributed by atoms with Crippen LogP contribution in [0.1, 0.15) is 31.4 Å². The van der Waals surface area contributed by atoms with Crippen LogP contribution < -0.4 is 11.1 Å². The molecule has 0 saturated heterocycles. The zero-order valence-corrected chi connectivity index (χ0v) is 10.9. The van der Waals surface area contributed by atoms with Gasteiger partial charge < -0.3 is 11.1 Å². The van der Waals surface area contributed by atoms with Gasteiger partial charge in [0.1, 0.15) is 0 Å². The van der Waals surface area contributed by atoms with Gasteiger partial charge in [-0.2, -0.15) is 0 Å². The Labute approximate surface area is 103 Å². The molecule has 0 atom stereocenters. The molecule has 0 saturated carbocycles. The summed E-state index contributed by atoms with van der Waals surface area (Å²) in [6, 6.07) is 8.61. The van der Waals surface area contributed by atoms with E-state index < -0.39 is 0 Å². The minimum absolute atomic E-state index is 0.109. The van der Waals surface area contributed by atoms with E-state index >= 15 is 0 Å². The van der Waals surface area contributed by atoms with Gasteiger partial charge in [-0.15, -0.1) is 0 Å². The quantitative estimate of drug-likeness (QED) is 0.737. The molecule has 3 heteroatoms. The Hall–Kier alpha value is -1.35. The second kappa shape index (κ2) is 5.82. The summed E-state index contributed by atoms with van der Waals surface area (Å²) >= 11 is 0. The summed E-state index contributed by atoms with van der Waals surface area (Å²) in [6.45, 7) is 7.56. The predicted octanol–water partition coefficient (Wildman–Crippen LogP) is 1.74. The molecule has 3 N–H and O–H groups in total. The molecule has 0 radical (unpaired) electrons. The van der Waals surface area contributed by atoms with Crippen LogP contribution in [0, 0.1) is 6.92 Å². The van der Waals surface area contributed by atoms with E-state index in [1.54, 1.807) is 0 Å². The van der Waals surface area contributed by atoms with Crippen LogP contribution in [-0.4, -0.2) is 19.0 Å². The van der Waals surface area contributed by atoms with E-state index in [0.717, 1.165) is 13.0 Å². The van der Waals surface area contributed by atoms with Gasteiger partial charge in [-0.3, -0.25) is 4.79 Å². The lowest BCUT2D eigenvalue weighted by atomic mass is 9.81. The van der Waals surface area contributed by atoms with Gasteiger partial charge in [0, 0.05) is 0 Å². The number of amides is 1. The highest BCUT2D eigenvalue weighted by molar-refractivity contribution is 5.75. The van der Waals surface area contributed by atoms with E-state index in [-0.39, 0.29) is 17.9 Å². The van der Waals surface area contributed by atoms with Gasteiger partial charge >= 0.3 is 0 Å². The van der Waals surface area contributed by atoms with Crippen LogP contribution in [0.4, 0.5) is 0 Å². The molecule has 0 aliphatic heterocycles. The zero-order chi connectivity index (χ0) is 12.9. The van der Waals surface area contributed by atoms with Crippen molar-refractivity contribution in [3.8, 4) is 0 Å².